The number of carbonyl (C=O) groups excluding carboxylic acids is 1. The first-order valence-electron chi connectivity index (χ1n) is 7.27. The zero-order valence-electron chi connectivity index (χ0n) is 12.4. The second-order valence-electron chi connectivity index (χ2n) is 5.38. The van der Waals surface area contributed by atoms with Crippen LogP contribution < -0.4 is 0 Å². The van der Waals surface area contributed by atoms with Crippen LogP contribution in [-0.2, 0) is 4.74 Å². The molecule has 1 heterocycles. The summed E-state index contributed by atoms with van der Waals surface area (Å²) < 4.78 is 59.0. The van der Waals surface area contributed by atoms with Crippen molar-refractivity contribution in [3.63, 3.8) is 0 Å². The van der Waals surface area contributed by atoms with Gasteiger partial charge >= 0.3 is 0 Å². The van der Waals surface area contributed by atoms with Crippen LogP contribution in [0.4, 0.5) is 17.6 Å². The van der Waals surface area contributed by atoms with Gasteiger partial charge in [0, 0.05) is 0 Å². The number of benzene rings is 2. The molecular formula is C17H13F4NO2. The van der Waals surface area contributed by atoms with E-state index in [1.807, 2.05) is 0 Å². The van der Waals surface area contributed by atoms with Crippen molar-refractivity contribution in [3.8, 4) is 0 Å². The van der Waals surface area contributed by atoms with E-state index in [2.05, 4.69) is 0 Å². The van der Waals surface area contributed by atoms with Gasteiger partial charge in [-0.15, -0.1) is 0 Å². The van der Waals surface area contributed by atoms with E-state index in [-0.39, 0.29) is 6.73 Å². The number of ether oxygens (including phenoxy) is 1. The topological polar surface area (TPSA) is 29.5 Å². The van der Waals surface area contributed by atoms with Gasteiger partial charge in [-0.3, -0.25) is 4.79 Å². The molecule has 1 amide bonds. The maximum absolute atomic E-state index is 13.9. The van der Waals surface area contributed by atoms with E-state index >= 15 is 0 Å². The molecule has 3 rings (SSSR count). The van der Waals surface area contributed by atoms with E-state index in [1.165, 1.54) is 4.90 Å². The Morgan fingerprint density at radius 2 is 1.75 bits per heavy atom. The SMILES string of the molecule is O=C(c1cc(F)c(F)c(F)c1F)N1COCCC1c1ccccc1. The molecule has 0 aromatic heterocycles. The molecule has 1 unspecified atom stereocenters. The third-order valence-electron chi connectivity index (χ3n) is 3.92. The van der Waals surface area contributed by atoms with Gasteiger partial charge in [0.05, 0.1) is 18.2 Å². The summed E-state index contributed by atoms with van der Waals surface area (Å²) >= 11 is 0. The Labute approximate surface area is 135 Å². The van der Waals surface area contributed by atoms with Crippen LogP contribution in [0.25, 0.3) is 0 Å². The highest BCUT2D eigenvalue weighted by atomic mass is 19.2. The lowest BCUT2D eigenvalue weighted by molar-refractivity contribution is -0.0342. The molecule has 126 valence electrons. The molecular weight excluding hydrogens is 326 g/mol. The van der Waals surface area contributed by atoms with Crippen LogP contribution in [-0.4, -0.2) is 24.1 Å². The zero-order valence-corrected chi connectivity index (χ0v) is 12.4. The predicted molar refractivity (Wildman–Crippen MR) is 77.1 cm³/mol. The monoisotopic (exact) mass is 339 g/mol. The van der Waals surface area contributed by atoms with Crippen LogP contribution in [0.5, 0.6) is 0 Å². The minimum absolute atomic E-state index is 0.154. The van der Waals surface area contributed by atoms with Gasteiger partial charge in [-0.1, -0.05) is 30.3 Å². The van der Waals surface area contributed by atoms with Crippen molar-refractivity contribution in [3.05, 3.63) is 70.8 Å². The zero-order chi connectivity index (χ0) is 17.3. The van der Waals surface area contributed by atoms with E-state index in [9.17, 15) is 22.4 Å². The van der Waals surface area contributed by atoms with Gasteiger partial charge in [0.25, 0.3) is 5.91 Å². The number of hydrogen-bond acceptors (Lipinski definition) is 2. The fourth-order valence-corrected chi connectivity index (χ4v) is 2.71. The summed E-state index contributed by atoms with van der Waals surface area (Å²) in [6, 6.07) is 8.89. The summed E-state index contributed by atoms with van der Waals surface area (Å²) in [7, 11) is 0. The second-order valence-corrected chi connectivity index (χ2v) is 5.38. The second kappa shape index (κ2) is 6.60. The molecule has 0 saturated carbocycles. The van der Waals surface area contributed by atoms with Crippen LogP contribution in [0.2, 0.25) is 0 Å². The molecule has 0 spiro atoms. The van der Waals surface area contributed by atoms with Crippen molar-refractivity contribution in [2.45, 2.75) is 12.5 Å². The average molecular weight is 339 g/mol. The molecule has 1 atom stereocenters. The largest absolute Gasteiger partial charge is 0.361 e. The van der Waals surface area contributed by atoms with Crippen molar-refractivity contribution in [2.24, 2.45) is 0 Å². The lowest BCUT2D eigenvalue weighted by Gasteiger charge is -2.36. The van der Waals surface area contributed by atoms with Gasteiger partial charge in [0.2, 0.25) is 0 Å². The molecule has 0 aliphatic carbocycles. The molecule has 1 saturated heterocycles. The van der Waals surface area contributed by atoms with Gasteiger partial charge in [-0.25, -0.2) is 17.6 Å². The van der Waals surface area contributed by atoms with E-state index in [1.54, 1.807) is 30.3 Å². The summed E-state index contributed by atoms with van der Waals surface area (Å²) in [4.78, 5) is 13.7. The third-order valence-corrected chi connectivity index (χ3v) is 3.92. The standard InChI is InChI=1S/C17H13F4NO2/c18-12-8-11(14(19)16(21)15(12)20)17(23)22-9-24-7-6-13(22)10-4-2-1-3-5-10/h1-5,8,13H,6-7,9H2. The first-order chi connectivity index (χ1) is 11.5. The minimum atomic E-state index is -2.01. The fourth-order valence-electron chi connectivity index (χ4n) is 2.71. The molecule has 1 aliphatic heterocycles. The normalized spacial score (nSPS) is 17.8. The Hall–Kier alpha value is -2.41. The molecule has 1 fully saturated rings. The summed E-state index contributed by atoms with van der Waals surface area (Å²) in [5.74, 6) is -8.24. The van der Waals surface area contributed by atoms with E-state index in [0.717, 1.165) is 5.56 Å². The highest BCUT2D eigenvalue weighted by molar-refractivity contribution is 5.94. The molecule has 24 heavy (non-hydrogen) atoms. The maximum atomic E-state index is 13.9. The molecule has 7 heteroatoms. The number of rotatable bonds is 2. The van der Waals surface area contributed by atoms with Crippen LogP contribution in [0.3, 0.4) is 0 Å². The third kappa shape index (κ3) is 2.87. The highest BCUT2D eigenvalue weighted by Crippen LogP contribution is 2.30. The van der Waals surface area contributed by atoms with Gasteiger partial charge in [-0.2, -0.15) is 0 Å². The predicted octanol–water partition coefficient (Wildman–Crippen LogP) is 3.80. The smallest absolute Gasteiger partial charge is 0.259 e. The van der Waals surface area contributed by atoms with Crippen LogP contribution in [0.1, 0.15) is 28.4 Å². The molecule has 0 bridgehead atoms. The van der Waals surface area contributed by atoms with Crippen molar-refractivity contribution in [1.29, 1.82) is 0 Å². The van der Waals surface area contributed by atoms with E-state index in [4.69, 9.17) is 4.74 Å². The van der Waals surface area contributed by atoms with Crippen molar-refractivity contribution >= 4 is 5.91 Å². The van der Waals surface area contributed by atoms with Gasteiger partial charge in [0.15, 0.2) is 23.3 Å². The van der Waals surface area contributed by atoms with Crippen LogP contribution in [0.15, 0.2) is 36.4 Å². The summed E-state index contributed by atoms with van der Waals surface area (Å²) in [6.07, 6.45) is 0.448. The number of nitrogens with zero attached hydrogens (tertiary/aromatic N) is 1. The average Bonchev–Trinajstić information content (AvgIpc) is 2.63. The van der Waals surface area contributed by atoms with E-state index in [0.29, 0.717) is 19.1 Å². The molecule has 2 aromatic rings. The van der Waals surface area contributed by atoms with Crippen LogP contribution >= 0.6 is 0 Å². The number of amides is 1. The number of hydrogen-bond donors (Lipinski definition) is 0. The lowest BCUT2D eigenvalue weighted by atomic mass is 10.0. The maximum Gasteiger partial charge on any atom is 0.259 e. The Balaban J connectivity index is 1.99. The Bertz CT molecular complexity index is 767. The summed E-state index contributed by atoms with van der Waals surface area (Å²) in [5.41, 5.74) is -0.0737. The Kier molecular flexibility index (Phi) is 4.53. The van der Waals surface area contributed by atoms with Gasteiger partial charge in [-0.05, 0) is 18.1 Å². The van der Waals surface area contributed by atoms with Gasteiger partial charge in [0.1, 0.15) is 6.73 Å². The molecule has 1 aliphatic rings. The molecule has 2 aromatic carbocycles. The van der Waals surface area contributed by atoms with Crippen molar-refractivity contribution in [1.82, 2.24) is 4.90 Å². The minimum Gasteiger partial charge on any atom is -0.361 e. The number of halogens is 4. The summed E-state index contributed by atoms with van der Waals surface area (Å²) in [6.45, 7) is 0.233. The first kappa shape index (κ1) is 16.4. The molecule has 0 radical (unpaired) electrons. The quantitative estimate of drug-likeness (QED) is 0.473. The van der Waals surface area contributed by atoms with E-state index < -0.39 is 40.8 Å². The van der Waals surface area contributed by atoms with Gasteiger partial charge < -0.3 is 9.64 Å². The van der Waals surface area contributed by atoms with Crippen LogP contribution in [0, 0.1) is 23.3 Å². The van der Waals surface area contributed by atoms with Crippen molar-refractivity contribution < 1.29 is 27.1 Å². The lowest BCUT2D eigenvalue weighted by Crippen LogP contribution is -2.41. The highest BCUT2D eigenvalue weighted by Gasteiger charge is 2.32. The number of carbonyl (C=O) groups is 1. The Morgan fingerprint density at radius 1 is 1.04 bits per heavy atom. The Morgan fingerprint density at radius 3 is 2.46 bits per heavy atom. The first-order valence-corrected chi connectivity index (χ1v) is 7.27. The van der Waals surface area contributed by atoms with Crippen molar-refractivity contribution in [2.75, 3.05) is 13.3 Å². The molecule has 3 nitrogen and oxygen atoms in total. The molecule has 0 N–H and O–H groups in total. The summed E-state index contributed by atoms with van der Waals surface area (Å²) in [5, 5.41) is 0. The fraction of sp³-hybridized carbons (Fsp3) is 0.235.